The zero-order chi connectivity index (χ0) is 10.8. The fraction of sp³-hybridized carbons (Fsp3) is 0.800. The third kappa shape index (κ3) is 2.47. The van der Waals surface area contributed by atoms with E-state index in [1.54, 1.807) is 4.90 Å². The van der Waals surface area contributed by atoms with Crippen LogP contribution >= 0.6 is 0 Å². The van der Waals surface area contributed by atoms with Gasteiger partial charge in [0, 0.05) is 25.6 Å². The summed E-state index contributed by atoms with van der Waals surface area (Å²) >= 11 is 0. The van der Waals surface area contributed by atoms with Crippen molar-refractivity contribution in [1.29, 1.82) is 0 Å². The molecule has 3 N–H and O–H groups in total. The molecule has 0 bridgehead atoms. The Morgan fingerprint density at radius 2 is 2.07 bits per heavy atom. The minimum absolute atomic E-state index is 0.0400. The van der Waals surface area contributed by atoms with E-state index in [-0.39, 0.29) is 17.9 Å². The number of nitrogens with zero attached hydrogens (tertiary/aromatic N) is 1. The molecule has 1 aliphatic carbocycles. The summed E-state index contributed by atoms with van der Waals surface area (Å²) in [5.74, 6) is -0.344. The molecule has 0 aromatic carbocycles. The van der Waals surface area contributed by atoms with Crippen molar-refractivity contribution < 1.29 is 9.59 Å². The van der Waals surface area contributed by atoms with Crippen LogP contribution in [0.5, 0.6) is 0 Å². The fourth-order valence-corrected chi connectivity index (χ4v) is 1.80. The van der Waals surface area contributed by atoms with Gasteiger partial charge in [-0.25, -0.2) is 0 Å². The second-order valence-electron chi connectivity index (χ2n) is 4.27. The number of nitrogens with one attached hydrogen (secondary N) is 1. The molecule has 84 valence electrons. The van der Waals surface area contributed by atoms with Crippen molar-refractivity contribution in [1.82, 2.24) is 10.2 Å². The molecule has 2 rings (SSSR count). The smallest absolute Gasteiger partial charge is 0.240 e. The third-order valence-electron chi connectivity index (χ3n) is 3.02. The van der Waals surface area contributed by atoms with E-state index in [2.05, 4.69) is 5.32 Å². The molecule has 5 heteroatoms. The van der Waals surface area contributed by atoms with Crippen LogP contribution in [0.25, 0.3) is 0 Å². The van der Waals surface area contributed by atoms with Crippen LogP contribution in [0.15, 0.2) is 0 Å². The number of carbonyl (C=O) groups is 2. The van der Waals surface area contributed by atoms with Crippen LogP contribution in [0.4, 0.5) is 0 Å². The normalized spacial score (nSPS) is 24.8. The summed E-state index contributed by atoms with van der Waals surface area (Å²) in [5, 5.41) is 3.27. The van der Waals surface area contributed by atoms with Crippen LogP contribution < -0.4 is 11.1 Å². The zero-order valence-electron chi connectivity index (χ0n) is 8.74. The lowest BCUT2D eigenvalue weighted by Gasteiger charge is -2.38. The highest BCUT2D eigenvalue weighted by molar-refractivity contribution is 5.88. The zero-order valence-corrected chi connectivity index (χ0v) is 8.74. The van der Waals surface area contributed by atoms with Crippen molar-refractivity contribution in [3.05, 3.63) is 0 Å². The minimum atomic E-state index is -0.384. The second-order valence-corrected chi connectivity index (χ2v) is 4.27. The molecule has 1 saturated heterocycles. The average Bonchev–Trinajstić information content (AvgIpc) is 2.84. The monoisotopic (exact) mass is 211 g/mol. The van der Waals surface area contributed by atoms with Gasteiger partial charge in [-0.05, 0) is 19.3 Å². The molecule has 0 aromatic heterocycles. The van der Waals surface area contributed by atoms with Gasteiger partial charge in [-0.15, -0.1) is 0 Å². The number of likely N-dealkylation sites (tertiary alicyclic amines) is 1. The van der Waals surface area contributed by atoms with Crippen LogP contribution in [0, 0.1) is 0 Å². The lowest BCUT2D eigenvalue weighted by molar-refractivity contribution is -0.145. The Labute approximate surface area is 89.0 Å². The summed E-state index contributed by atoms with van der Waals surface area (Å²) in [7, 11) is 0. The molecule has 0 spiro atoms. The predicted molar refractivity (Wildman–Crippen MR) is 55.0 cm³/mol. The lowest BCUT2D eigenvalue weighted by atomic mass is 10.0. The predicted octanol–water partition coefficient (Wildman–Crippen LogP) is -0.785. The molecule has 2 fully saturated rings. The maximum Gasteiger partial charge on any atom is 0.240 e. The van der Waals surface area contributed by atoms with Crippen molar-refractivity contribution in [3.63, 3.8) is 0 Å². The molecule has 1 atom stereocenters. The van der Waals surface area contributed by atoms with E-state index in [4.69, 9.17) is 5.73 Å². The van der Waals surface area contributed by atoms with Crippen LogP contribution in [0.2, 0.25) is 0 Å². The summed E-state index contributed by atoms with van der Waals surface area (Å²) < 4.78 is 0. The number of carbonyl (C=O) groups excluding carboxylic acids is 2. The Morgan fingerprint density at radius 3 is 2.53 bits per heavy atom. The van der Waals surface area contributed by atoms with Gasteiger partial charge in [-0.3, -0.25) is 9.59 Å². The fourth-order valence-electron chi connectivity index (χ4n) is 1.80. The first-order valence-electron chi connectivity index (χ1n) is 5.50. The molecule has 15 heavy (non-hydrogen) atoms. The standard InChI is InChI=1S/C10H17N3O2/c11-10(15)8-4-6-13(8)9(14)3-5-12-7-1-2-7/h7-8,12H,1-6H2,(H2,11,15). The molecule has 2 aliphatic rings. The van der Waals surface area contributed by atoms with Crippen LogP contribution in [-0.4, -0.2) is 41.9 Å². The van der Waals surface area contributed by atoms with E-state index in [9.17, 15) is 9.59 Å². The first-order chi connectivity index (χ1) is 7.18. The van der Waals surface area contributed by atoms with Gasteiger partial charge in [0.25, 0.3) is 0 Å². The lowest BCUT2D eigenvalue weighted by Crippen LogP contribution is -2.57. The van der Waals surface area contributed by atoms with Crippen molar-refractivity contribution >= 4 is 11.8 Å². The number of hydrogen-bond acceptors (Lipinski definition) is 3. The quantitative estimate of drug-likeness (QED) is 0.626. The Hall–Kier alpha value is -1.10. The molecule has 2 amide bonds. The van der Waals surface area contributed by atoms with Crippen LogP contribution in [0.3, 0.4) is 0 Å². The van der Waals surface area contributed by atoms with Crippen molar-refractivity contribution in [2.75, 3.05) is 13.1 Å². The summed E-state index contributed by atoms with van der Waals surface area (Å²) in [4.78, 5) is 24.1. The molecular formula is C10H17N3O2. The number of nitrogens with two attached hydrogens (primary N) is 1. The molecule has 1 unspecified atom stereocenters. The number of primary amides is 1. The third-order valence-corrected chi connectivity index (χ3v) is 3.02. The van der Waals surface area contributed by atoms with Gasteiger partial charge in [0.2, 0.25) is 11.8 Å². The SMILES string of the molecule is NC(=O)C1CCN1C(=O)CCNC1CC1. The summed E-state index contributed by atoms with van der Waals surface area (Å²) in [6.07, 6.45) is 3.64. The van der Waals surface area contributed by atoms with Crippen molar-refractivity contribution in [2.45, 2.75) is 37.8 Å². The van der Waals surface area contributed by atoms with Crippen molar-refractivity contribution in [3.8, 4) is 0 Å². The van der Waals surface area contributed by atoms with Gasteiger partial charge in [0.15, 0.2) is 0 Å². The van der Waals surface area contributed by atoms with Gasteiger partial charge in [-0.1, -0.05) is 0 Å². The van der Waals surface area contributed by atoms with Gasteiger partial charge in [0.05, 0.1) is 0 Å². The molecule has 1 saturated carbocycles. The highest BCUT2D eigenvalue weighted by Crippen LogP contribution is 2.20. The second kappa shape index (κ2) is 4.18. The Balaban J connectivity index is 1.68. The minimum Gasteiger partial charge on any atom is -0.368 e. The van der Waals surface area contributed by atoms with Gasteiger partial charge < -0.3 is 16.0 Å². The summed E-state index contributed by atoms with van der Waals surface area (Å²) in [6.45, 7) is 1.39. The highest BCUT2D eigenvalue weighted by atomic mass is 16.2. The van der Waals surface area contributed by atoms with E-state index in [0.29, 0.717) is 25.6 Å². The molecule has 0 aromatic rings. The van der Waals surface area contributed by atoms with E-state index < -0.39 is 0 Å². The van der Waals surface area contributed by atoms with Crippen LogP contribution in [-0.2, 0) is 9.59 Å². The Morgan fingerprint density at radius 1 is 1.33 bits per heavy atom. The average molecular weight is 211 g/mol. The molecular weight excluding hydrogens is 194 g/mol. The molecule has 5 nitrogen and oxygen atoms in total. The van der Waals surface area contributed by atoms with E-state index in [1.165, 1.54) is 12.8 Å². The van der Waals surface area contributed by atoms with Crippen molar-refractivity contribution in [2.24, 2.45) is 5.73 Å². The Kier molecular flexibility index (Phi) is 2.90. The van der Waals surface area contributed by atoms with Gasteiger partial charge in [-0.2, -0.15) is 0 Å². The molecule has 1 heterocycles. The first-order valence-corrected chi connectivity index (χ1v) is 5.50. The summed E-state index contributed by atoms with van der Waals surface area (Å²) in [5.41, 5.74) is 5.16. The first kappa shape index (κ1) is 10.4. The topological polar surface area (TPSA) is 75.4 Å². The molecule has 0 radical (unpaired) electrons. The van der Waals surface area contributed by atoms with E-state index in [1.807, 2.05) is 0 Å². The van der Waals surface area contributed by atoms with E-state index in [0.717, 1.165) is 6.42 Å². The number of amides is 2. The van der Waals surface area contributed by atoms with Gasteiger partial charge >= 0.3 is 0 Å². The maximum absolute atomic E-state index is 11.6. The largest absolute Gasteiger partial charge is 0.368 e. The van der Waals surface area contributed by atoms with Crippen LogP contribution in [0.1, 0.15) is 25.7 Å². The van der Waals surface area contributed by atoms with E-state index >= 15 is 0 Å². The number of hydrogen-bond donors (Lipinski definition) is 2. The molecule has 1 aliphatic heterocycles. The highest BCUT2D eigenvalue weighted by Gasteiger charge is 2.35. The Bertz CT molecular complexity index is 276. The maximum atomic E-state index is 11.6. The summed E-state index contributed by atoms with van der Waals surface area (Å²) in [6, 6.07) is 0.277. The number of rotatable bonds is 5. The van der Waals surface area contributed by atoms with Gasteiger partial charge in [0.1, 0.15) is 6.04 Å².